The monoisotopic (exact) mass is 378 g/mol. The zero-order valence-electron chi connectivity index (χ0n) is 14.8. The standard InChI is InChI=1S/C21H19ClN4O/c1-2-19(27)25-11-13-26(14-12-25)21-23-18-10-6-4-8-16(18)20(24-21)15-7-3-5-9-17(15)22/h2-10H,1,11-14H2. The molecule has 0 unspecified atom stereocenters. The van der Waals surface area contributed by atoms with Crippen LogP contribution in [0.1, 0.15) is 0 Å². The Bertz CT molecular complexity index is 1010. The van der Waals surface area contributed by atoms with Crippen LogP contribution in [0, 0.1) is 0 Å². The maximum Gasteiger partial charge on any atom is 0.246 e. The number of hydrogen-bond acceptors (Lipinski definition) is 4. The van der Waals surface area contributed by atoms with Gasteiger partial charge in [0.25, 0.3) is 0 Å². The fraction of sp³-hybridized carbons (Fsp3) is 0.190. The minimum Gasteiger partial charge on any atom is -0.337 e. The van der Waals surface area contributed by atoms with Crippen molar-refractivity contribution in [3.8, 4) is 11.3 Å². The van der Waals surface area contributed by atoms with Crippen LogP contribution in [-0.4, -0.2) is 47.0 Å². The molecular formula is C21H19ClN4O. The number of anilines is 1. The molecule has 0 atom stereocenters. The van der Waals surface area contributed by atoms with E-state index in [-0.39, 0.29) is 5.91 Å². The van der Waals surface area contributed by atoms with Crippen molar-refractivity contribution in [3.05, 3.63) is 66.2 Å². The van der Waals surface area contributed by atoms with Gasteiger partial charge in [0.1, 0.15) is 0 Å². The van der Waals surface area contributed by atoms with Crippen LogP contribution in [0.25, 0.3) is 22.2 Å². The molecule has 27 heavy (non-hydrogen) atoms. The number of halogens is 1. The summed E-state index contributed by atoms with van der Waals surface area (Å²) in [7, 11) is 0. The Kier molecular flexibility index (Phi) is 4.77. The van der Waals surface area contributed by atoms with Gasteiger partial charge in [-0.25, -0.2) is 9.97 Å². The topological polar surface area (TPSA) is 49.3 Å². The number of rotatable bonds is 3. The third-order valence-electron chi connectivity index (χ3n) is 4.77. The zero-order valence-corrected chi connectivity index (χ0v) is 15.6. The summed E-state index contributed by atoms with van der Waals surface area (Å²) in [4.78, 5) is 25.3. The first-order valence-corrected chi connectivity index (χ1v) is 9.23. The van der Waals surface area contributed by atoms with Crippen LogP contribution in [0.3, 0.4) is 0 Å². The molecule has 1 aromatic heterocycles. The predicted octanol–water partition coefficient (Wildman–Crippen LogP) is 3.78. The van der Waals surface area contributed by atoms with Crippen LogP contribution in [0.4, 0.5) is 5.95 Å². The molecule has 0 bridgehead atoms. The second-order valence-electron chi connectivity index (χ2n) is 6.39. The summed E-state index contributed by atoms with van der Waals surface area (Å²) in [5.74, 6) is 0.625. The highest BCUT2D eigenvalue weighted by Crippen LogP contribution is 2.32. The van der Waals surface area contributed by atoms with E-state index >= 15 is 0 Å². The number of benzene rings is 2. The van der Waals surface area contributed by atoms with Gasteiger partial charge in [-0.15, -0.1) is 0 Å². The van der Waals surface area contributed by atoms with Gasteiger partial charge in [-0.2, -0.15) is 0 Å². The van der Waals surface area contributed by atoms with Gasteiger partial charge in [-0.3, -0.25) is 4.79 Å². The van der Waals surface area contributed by atoms with Crippen molar-refractivity contribution in [2.24, 2.45) is 0 Å². The Morgan fingerprint density at radius 2 is 1.70 bits per heavy atom. The maximum atomic E-state index is 11.8. The molecule has 0 spiro atoms. The summed E-state index contributed by atoms with van der Waals surface area (Å²) in [6.45, 7) is 6.17. The van der Waals surface area contributed by atoms with Crippen molar-refractivity contribution in [2.75, 3.05) is 31.1 Å². The van der Waals surface area contributed by atoms with E-state index < -0.39 is 0 Å². The molecule has 0 N–H and O–H groups in total. The number of para-hydroxylation sites is 1. The highest BCUT2D eigenvalue weighted by molar-refractivity contribution is 6.33. The Morgan fingerprint density at radius 3 is 2.44 bits per heavy atom. The number of hydrogen-bond donors (Lipinski definition) is 0. The van der Waals surface area contributed by atoms with E-state index in [4.69, 9.17) is 21.6 Å². The Balaban J connectivity index is 1.74. The lowest BCUT2D eigenvalue weighted by Gasteiger charge is -2.34. The number of aromatic nitrogens is 2. The quantitative estimate of drug-likeness (QED) is 0.651. The summed E-state index contributed by atoms with van der Waals surface area (Å²) in [5, 5.41) is 1.63. The van der Waals surface area contributed by atoms with Crippen LogP contribution in [0.5, 0.6) is 0 Å². The molecule has 2 aromatic carbocycles. The highest BCUT2D eigenvalue weighted by Gasteiger charge is 2.22. The van der Waals surface area contributed by atoms with E-state index in [0.717, 1.165) is 22.2 Å². The summed E-state index contributed by atoms with van der Waals surface area (Å²) in [5.41, 5.74) is 2.59. The van der Waals surface area contributed by atoms with Crippen LogP contribution < -0.4 is 4.90 Å². The van der Waals surface area contributed by atoms with Gasteiger partial charge in [-0.05, 0) is 18.2 Å². The molecule has 0 aliphatic carbocycles. The third-order valence-corrected chi connectivity index (χ3v) is 5.10. The van der Waals surface area contributed by atoms with E-state index in [1.54, 1.807) is 4.90 Å². The van der Waals surface area contributed by atoms with Gasteiger partial charge in [0.2, 0.25) is 11.9 Å². The largest absolute Gasteiger partial charge is 0.337 e. The fourth-order valence-corrected chi connectivity index (χ4v) is 3.55. The summed E-state index contributed by atoms with van der Waals surface area (Å²) < 4.78 is 0. The molecule has 1 amide bonds. The highest BCUT2D eigenvalue weighted by atomic mass is 35.5. The number of nitrogens with zero attached hydrogens (tertiary/aromatic N) is 4. The summed E-state index contributed by atoms with van der Waals surface area (Å²) >= 11 is 6.44. The van der Waals surface area contributed by atoms with Crippen molar-refractivity contribution in [1.82, 2.24) is 14.9 Å². The average molecular weight is 379 g/mol. The molecule has 6 heteroatoms. The predicted molar refractivity (Wildman–Crippen MR) is 109 cm³/mol. The van der Waals surface area contributed by atoms with Crippen molar-refractivity contribution >= 4 is 34.4 Å². The molecule has 136 valence electrons. The Labute approximate surface area is 162 Å². The fourth-order valence-electron chi connectivity index (χ4n) is 3.32. The van der Waals surface area contributed by atoms with Crippen molar-refractivity contribution < 1.29 is 4.79 Å². The number of amides is 1. The second-order valence-corrected chi connectivity index (χ2v) is 6.79. The lowest BCUT2D eigenvalue weighted by atomic mass is 10.1. The molecule has 4 rings (SSSR count). The lowest BCUT2D eigenvalue weighted by molar-refractivity contribution is -0.126. The van der Waals surface area contributed by atoms with E-state index in [9.17, 15) is 4.79 Å². The summed E-state index contributed by atoms with van der Waals surface area (Å²) in [6.07, 6.45) is 1.36. The van der Waals surface area contributed by atoms with E-state index in [0.29, 0.717) is 37.1 Å². The minimum absolute atomic E-state index is 0.0363. The molecule has 0 saturated carbocycles. The van der Waals surface area contributed by atoms with E-state index in [2.05, 4.69) is 11.5 Å². The zero-order chi connectivity index (χ0) is 18.8. The van der Waals surface area contributed by atoms with Gasteiger partial charge in [0.05, 0.1) is 11.2 Å². The third kappa shape index (κ3) is 3.38. The molecule has 1 aliphatic rings. The van der Waals surface area contributed by atoms with Gasteiger partial charge in [0.15, 0.2) is 0 Å². The normalized spacial score (nSPS) is 14.4. The van der Waals surface area contributed by atoms with Crippen LogP contribution in [0.2, 0.25) is 5.02 Å². The molecule has 3 aromatic rings. The molecule has 1 fully saturated rings. The van der Waals surface area contributed by atoms with Crippen LogP contribution in [-0.2, 0) is 4.79 Å². The number of carbonyl (C=O) groups is 1. The second kappa shape index (κ2) is 7.37. The minimum atomic E-state index is -0.0363. The SMILES string of the molecule is C=CC(=O)N1CCN(c2nc(-c3ccccc3Cl)c3ccccc3n2)CC1. The lowest BCUT2D eigenvalue weighted by Crippen LogP contribution is -2.48. The first-order chi connectivity index (χ1) is 13.2. The molecule has 1 aliphatic heterocycles. The van der Waals surface area contributed by atoms with Crippen LogP contribution >= 0.6 is 11.6 Å². The Hall–Kier alpha value is -2.92. The molecular weight excluding hydrogens is 360 g/mol. The summed E-state index contributed by atoms with van der Waals surface area (Å²) in [6, 6.07) is 15.6. The van der Waals surface area contributed by atoms with Crippen molar-refractivity contribution in [1.29, 1.82) is 0 Å². The van der Waals surface area contributed by atoms with Gasteiger partial charge < -0.3 is 9.80 Å². The van der Waals surface area contributed by atoms with Crippen molar-refractivity contribution in [3.63, 3.8) is 0 Å². The smallest absolute Gasteiger partial charge is 0.246 e. The average Bonchev–Trinajstić information content (AvgIpc) is 2.73. The maximum absolute atomic E-state index is 11.8. The van der Waals surface area contributed by atoms with E-state index in [1.807, 2.05) is 48.5 Å². The molecule has 5 nitrogen and oxygen atoms in total. The number of piperazine rings is 1. The number of fused-ring (bicyclic) bond motifs is 1. The number of carbonyl (C=O) groups excluding carboxylic acids is 1. The molecule has 0 radical (unpaired) electrons. The van der Waals surface area contributed by atoms with Gasteiger partial charge >= 0.3 is 0 Å². The van der Waals surface area contributed by atoms with Crippen molar-refractivity contribution in [2.45, 2.75) is 0 Å². The van der Waals surface area contributed by atoms with Gasteiger partial charge in [-0.1, -0.05) is 54.6 Å². The van der Waals surface area contributed by atoms with E-state index in [1.165, 1.54) is 6.08 Å². The first-order valence-electron chi connectivity index (χ1n) is 8.85. The van der Waals surface area contributed by atoms with Gasteiger partial charge in [0, 0.05) is 42.2 Å². The van der Waals surface area contributed by atoms with Crippen LogP contribution in [0.15, 0.2) is 61.2 Å². The molecule has 1 saturated heterocycles. The molecule has 2 heterocycles. The first kappa shape index (κ1) is 17.5. The Morgan fingerprint density at radius 1 is 1.00 bits per heavy atom.